The molecule has 0 bridgehead atoms. The Kier molecular flexibility index (Phi) is 4.90. The maximum Gasteiger partial charge on any atom is 0.258 e. The molecule has 1 atom stereocenters. The van der Waals surface area contributed by atoms with Crippen molar-refractivity contribution in [1.29, 1.82) is 0 Å². The van der Waals surface area contributed by atoms with Gasteiger partial charge in [-0.05, 0) is 87.2 Å². The van der Waals surface area contributed by atoms with Crippen LogP contribution in [0.2, 0.25) is 0 Å². The second-order valence-corrected chi connectivity index (χ2v) is 7.38. The molecule has 1 fully saturated rings. The predicted molar refractivity (Wildman–Crippen MR) is 110 cm³/mol. The van der Waals surface area contributed by atoms with Crippen LogP contribution in [0, 0.1) is 12.8 Å². The minimum Gasteiger partial charge on any atom is -0.497 e. The molecule has 0 radical (unpaired) electrons. The molecular weight excluding hydrogens is 350 g/mol. The van der Waals surface area contributed by atoms with Gasteiger partial charge >= 0.3 is 0 Å². The number of nitrogens with zero attached hydrogens (tertiary/aromatic N) is 3. The number of rotatable bonds is 6. The van der Waals surface area contributed by atoms with E-state index in [2.05, 4.69) is 12.0 Å². The SMILES string of the molecule is COc1ccc(N(C(=O)c2ccc(-n3nccc3C)cc2)C(C)C2CC2)cc1. The summed E-state index contributed by atoms with van der Waals surface area (Å²) in [6.45, 7) is 4.15. The summed E-state index contributed by atoms with van der Waals surface area (Å²) in [6.07, 6.45) is 4.13. The average Bonchev–Trinajstić information content (AvgIpc) is 3.50. The van der Waals surface area contributed by atoms with Gasteiger partial charge in [-0.25, -0.2) is 4.68 Å². The first-order valence-corrected chi connectivity index (χ1v) is 9.67. The van der Waals surface area contributed by atoms with Gasteiger partial charge in [0.05, 0.1) is 12.8 Å². The third kappa shape index (κ3) is 3.52. The molecule has 144 valence electrons. The molecule has 1 unspecified atom stereocenters. The quantitative estimate of drug-likeness (QED) is 0.631. The first-order valence-electron chi connectivity index (χ1n) is 9.67. The number of hydrogen-bond acceptors (Lipinski definition) is 3. The fourth-order valence-electron chi connectivity index (χ4n) is 3.59. The van der Waals surface area contributed by atoms with E-state index in [1.165, 1.54) is 12.8 Å². The van der Waals surface area contributed by atoms with Crippen molar-refractivity contribution < 1.29 is 9.53 Å². The highest BCUT2D eigenvalue weighted by atomic mass is 16.5. The molecule has 1 aromatic heterocycles. The predicted octanol–water partition coefficient (Wildman–Crippen LogP) is 4.63. The lowest BCUT2D eigenvalue weighted by Crippen LogP contribution is -2.40. The van der Waals surface area contributed by atoms with Crippen LogP contribution in [0.15, 0.2) is 60.8 Å². The number of carbonyl (C=O) groups excluding carboxylic acids is 1. The van der Waals surface area contributed by atoms with Crippen molar-refractivity contribution >= 4 is 11.6 Å². The average molecular weight is 375 g/mol. The maximum atomic E-state index is 13.4. The molecule has 28 heavy (non-hydrogen) atoms. The fraction of sp³-hybridized carbons (Fsp3) is 0.304. The second-order valence-electron chi connectivity index (χ2n) is 7.38. The van der Waals surface area contributed by atoms with Crippen LogP contribution in [0.1, 0.15) is 35.8 Å². The van der Waals surface area contributed by atoms with Crippen molar-refractivity contribution in [3.05, 3.63) is 72.1 Å². The smallest absolute Gasteiger partial charge is 0.258 e. The van der Waals surface area contributed by atoms with Gasteiger partial charge in [0, 0.05) is 29.2 Å². The molecule has 0 spiro atoms. The molecule has 5 heteroatoms. The van der Waals surface area contributed by atoms with Gasteiger partial charge in [0.2, 0.25) is 0 Å². The molecule has 3 aromatic rings. The van der Waals surface area contributed by atoms with E-state index in [0.29, 0.717) is 11.5 Å². The third-order valence-corrected chi connectivity index (χ3v) is 5.47. The first kappa shape index (κ1) is 18.3. The molecule has 4 rings (SSSR count). The molecule has 1 amide bonds. The third-order valence-electron chi connectivity index (χ3n) is 5.47. The summed E-state index contributed by atoms with van der Waals surface area (Å²) in [4.78, 5) is 15.3. The van der Waals surface area contributed by atoms with Crippen LogP contribution >= 0.6 is 0 Å². The molecule has 1 aliphatic rings. The van der Waals surface area contributed by atoms with Crippen molar-refractivity contribution in [2.45, 2.75) is 32.7 Å². The number of hydrogen-bond donors (Lipinski definition) is 0. The lowest BCUT2D eigenvalue weighted by Gasteiger charge is -2.30. The zero-order valence-electron chi connectivity index (χ0n) is 16.5. The van der Waals surface area contributed by atoms with Crippen LogP contribution in [0.25, 0.3) is 5.69 Å². The zero-order valence-corrected chi connectivity index (χ0v) is 16.5. The van der Waals surface area contributed by atoms with Crippen LogP contribution in [0.5, 0.6) is 5.75 Å². The van der Waals surface area contributed by atoms with Gasteiger partial charge in [-0.1, -0.05) is 0 Å². The first-order chi connectivity index (χ1) is 13.6. The Morgan fingerprint density at radius 3 is 2.32 bits per heavy atom. The lowest BCUT2D eigenvalue weighted by atomic mass is 10.1. The molecule has 0 aliphatic heterocycles. The Labute approximate surface area is 165 Å². The number of methoxy groups -OCH3 is 1. The van der Waals surface area contributed by atoms with Crippen molar-refractivity contribution in [2.24, 2.45) is 5.92 Å². The highest BCUT2D eigenvalue weighted by Gasteiger charge is 2.35. The fourth-order valence-corrected chi connectivity index (χ4v) is 3.59. The van der Waals surface area contributed by atoms with Gasteiger partial charge < -0.3 is 9.64 Å². The van der Waals surface area contributed by atoms with Crippen molar-refractivity contribution in [3.8, 4) is 11.4 Å². The van der Waals surface area contributed by atoms with Crippen molar-refractivity contribution in [2.75, 3.05) is 12.0 Å². The van der Waals surface area contributed by atoms with E-state index in [1.54, 1.807) is 13.3 Å². The number of ether oxygens (including phenoxy) is 1. The summed E-state index contributed by atoms with van der Waals surface area (Å²) >= 11 is 0. The van der Waals surface area contributed by atoms with Gasteiger partial charge in [0.25, 0.3) is 5.91 Å². The number of anilines is 1. The Morgan fingerprint density at radius 1 is 1.11 bits per heavy atom. The van der Waals surface area contributed by atoms with Gasteiger partial charge in [-0.15, -0.1) is 0 Å². The van der Waals surface area contributed by atoms with Gasteiger partial charge in [-0.2, -0.15) is 5.10 Å². The summed E-state index contributed by atoms with van der Waals surface area (Å²) in [7, 11) is 1.65. The molecule has 0 saturated heterocycles. The van der Waals surface area contributed by atoms with Gasteiger partial charge in [-0.3, -0.25) is 4.79 Å². The summed E-state index contributed by atoms with van der Waals surface area (Å²) < 4.78 is 7.12. The molecule has 5 nitrogen and oxygen atoms in total. The number of benzene rings is 2. The van der Waals surface area contributed by atoms with Crippen LogP contribution in [-0.2, 0) is 0 Å². The van der Waals surface area contributed by atoms with E-state index < -0.39 is 0 Å². The minimum atomic E-state index is 0.0216. The van der Waals surface area contributed by atoms with Gasteiger partial charge in [0.1, 0.15) is 5.75 Å². The van der Waals surface area contributed by atoms with Crippen molar-refractivity contribution in [1.82, 2.24) is 9.78 Å². The Bertz CT molecular complexity index is 956. The standard InChI is InChI=1S/C23H25N3O2/c1-16-14-15-24-26(16)21-8-6-19(7-9-21)23(27)25(17(2)18-4-5-18)20-10-12-22(28-3)13-11-20/h6-15,17-18H,4-5H2,1-3H3. The summed E-state index contributed by atoms with van der Waals surface area (Å²) in [6, 6.07) is 17.5. The Hall–Kier alpha value is -3.08. The second kappa shape index (κ2) is 7.50. The molecule has 1 saturated carbocycles. The molecule has 1 aliphatic carbocycles. The van der Waals surface area contributed by atoms with Crippen LogP contribution in [0.4, 0.5) is 5.69 Å². The zero-order chi connectivity index (χ0) is 19.7. The normalized spacial score (nSPS) is 14.5. The van der Waals surface area contributed by atoms with E-state index >= 15 is 0 Å². The highest BCUT2D eigenvalue weighted by Crippen LogP contribution is 2.38. The number of amides is 1. The molecule has 1 heterocycles. The number of aromatic nitrogens is 2. The van der Waals surface area contributed by atoms with E-state index in [-0.39, 0.29) is 11.9 Å². The Balaban J connectivity index is 1.64. The van der Waals surface area contributed by atoms with E-state index in [4.69, 9.17) is 4.74 Å². The van der Waals surface area contributed by atoms with Crippen LogP contribution in [-0.4, -0.2) is 28.8 Å². The van der Waals surface area contributed by atoms with Crippen LogP contribution < -0.4 is 9.64 Å². The monoisotopic (exact) mass is 375 g/mol. The molecule has 2 aromatic carbocycles. The summed E-state index contributed by atoms with van der Waals surface area (Å²) in [5, 5.41) is 4.33. The molecule has 0 N–H and O–H groups in total. The van der Waals surface area contributed by atoms with E-state index in [1.807, 2.05) is 71.1 Å². The maximum absolute atomic E-state index is 13.4. The lowest BCUT2D eigenvalue weighted by molar-refractivity contribution is 0.0975. The van der Waals surface area contributed by atoms with E-state index in [0.717, 1.165) is 22.8 Å². The van der Waals surface area contributed by atoms with Crippen molar-refractivity contribution in [3.63, 3.8) is 0 Å². The minimum absolute atomic E-state index is 0.0216. The number of aryl methyl sites for hydroxylation is 1. The summed E-state index contributed by atoms with van der Waals surface area (Å²) in [5.74, 6) is 1.37. The van der Waals surface area contributed by atoms with Gasteiger partial charge in [0.15, 0.2) is 0 Å². The number of carbonyl (C=O) groups is 1. The molecular formula is C23H25N3O2. The summed E-state index contributed by atoms with van der Waals surface area (Å²) in [5.41, 5.74) is 3.58. The van der Waals surface area contributed by atoms with Crippen LogP contribution in [0.3, 0.4) is 0 Å². The highest BCUT2D eigenvalue weighted by molar-refractivity contribution is 6.06. The largest absolute Gasteiger partial charge is 0.497 e. The topological polar surface area (TPSA) is 47.4 Å². The Morgan fingerprint density at radius 2 is 1.79 bits per heavy atom. The van der Waals surface area contributed by atoms with E-state index in [9.17, 15) is 4.79 Å².